The van der Waals surface area contributed by atoms with Crippen LogP contribution < -0.4 is 10.6 Å². The highest BCUT2D eigenvalue weighted by atomic mass is 35.5. The Bertz CT molecular complexity index is 811. The maximum atomic E-state index is 13.1. The lowest BCUT2D eigenvalue weighted by Gasteiger charge is -2.32. The number of nitrogens with zero attached hydrogens (tertiary/aromatic N) is 2. The maximum Gasteiger partial charge on any atom is 0.313 e. The van der Waals surface area contributed by atoms with Gasteiger partial charge in [-0.05, 0) is 37.0 Å². The SMILES string of the molecule is CN(C)S(=O)(=O)N1CCC(CNC(=O)C(=O)Nc2ccc(F)c(Cl)c2)CC1. The number of carbonyl (C=O) groups is 2. The van der Waals surface area contributed by atoms with E-state index < -0.39 is 27.8 Å². The largest absolute Gasteiger partial charge is 0.348 e. The average molecular weight is 421 g/mol. The molecule has 0 aliphatic carbocycles. The van der Waals surface area contributed by atoms with Crippen molar-refractivity contribution in [2.45, 2.75) is 12.8 Å². The summed E-state index contributed by atoms with van der Waals surface area (Å²) >= 11 is 5.63. The maximum absolute atomic E-state index is 13.1. The van der Waals surface area contributed by atoms with E-state index in [-0.39, 0.29) is 23.2 Å². The van der Waals surface area contributed by atoms with Crippen molar-refractivity contribution in [2.75, 3.05) is 39.0 Å². The van der Waals surface area contributed by atoms with E-state index in [0.29, 0.717) is 25.9 Å². The van der Waals surface area contributed by atoms with Crippen molar-refractivity contribution in [2.24, 2.45) is 5.92 Å². The molecule has 1 aromatic carbocycles. The quantitative estimate of drug-likeness (QED) is 0.695. The van der Waals surface area contributed by atoms with Gasteiger partial charge < -0.3 is 10.6 Å². The van der Waals surface area contributed by atoms with Crippen LogP contribution in [0.4, 0.5) is 10.1 Å². The number of nitrogens with one attached hydrogen (secondary N) is 2. The van der Waals surface area contributed by atoms with Crippen molar-refractivity contribution in [3.05, 3.63) is 29.0 Å². The highest BCUT2D eigenvalue weighted by Crippen LogP contribution is 2.20. The van der Waals surface area contributed by atoms with Crippen LogP contribution >= 0.6 is 11.6 Å². The van der Waals surface area contributed by atoms with E-state index in [1.54, 1.807) is 0 Å². The molecule has 2 N–H and O–H groups in total. The Morgan fingerprint density at radius 1 is 1.26 bits per heavy atom. The minimum absolute atomic E-state index is 0.0793. The van der Waals surface area contributed by atoms with Crippen LogP contribution in [0.15, 0.2) is 18.2 Å². The highest BCUT2D eigenvalue weighted by Gasteiger charge is 2.29. The van der Waals surface area contributed by atoms with Crippen molar-refractivity contribution in [3.63, 3.8) is 0 Å². The zero-order valence-corrected chi connectivity index (χ0v) is 16.6. The number of anilines is 1. The molecule has 0 unspecified atom stereocenters. The van der Waals surface area contributed by atoms with E-state index in [9.17, 15) is 22.4 Å². The first-order valence-corrected chi connectivity index (χ1v) is 10.1. The van der Waals surface area contributed by atoms with E-state index in [1.165, 1.54) is 34.8 Å². The summed E-state index contributed by atoms with van der Waals surface area (Å²) in [5.41, 5.74) is 0.212. The lowest BCUT2D eigenvalue weighted by molar-refractivity contribution is -0.136. The number of benzene rings is 1. The second-order valence-corrected chi connectivity index (χ2v) is 8.98. The summed E-state index contributed by atoms with van der Waals surface area (Å²) in [5.74, 6) is -2.25. The molecule has 1 saturated heterocycles. The number of hydrogen-bond donors (Lipinski definition) is 2. The van der Waals surface area contributed by atoms with Crippen LogP contribution in [0.1, 0.15) is 12.8 Å². The summed E-state index contributed by atoms with van der Waals surface area (Å²) in [7, 11) is -0.470. The van der Waals surface area contributed by atoms with Gasteiger partial charge in [0.15, 0.2) is 0 Å². The van der Waals surface area contributed by atoms with Gasteiger partial charge >= 0.3 is 11.8 Å². The number of amides is 2. The third kappa shape index (κ3) is 5.61. The number of piperidine rings is 1. The molecular weight excluding hydrogens is 399 g/mol. The van der Waals surface area contributed by atoms with Crippen LogP contribution in [-0.4, -0.2) is 62.6 Å². The molecule has 27 heavy (non-hydrogen) atoms. The molecule has 0 radical (unpaired) electrons. The Morgan fingerprint density at radius 2 is 1.89 bits per heavy atom. The van der Waals surface area contributed by atoms with Crippen LogP contribution in [0.5, 0.6) is 0 Å². The first-order chi connectivity index (χ1) is 12.6. The molecule has 150 valence electrons. The Hall–Kier alpha value is -1.75. The van der Waals surface area contributed by atoms with Gasteiger partial charge in [-0.3, -0.25) is 9.59 Å². The summed E-state index contributed by atoms with van der Waals surface area (Å²) in [6.45, 7) is 0.995. The monoisotopic (exact) mass is 420 g/mol. The Kier molecular flexibility index (Phi) is 7.15. The predicted molar refractivity (Wildman–Crippen MR) is 100.0 cm³/mol. The summed E-state index contributed by atoms with van der Waals surface area (Å²) < 4.78 is 39.8. The van der Waals surface area contributed by atoms with Crippen LogP contribution in [0.3, 0.4) is 0 Å². The van der Waals surface area contributed by atoms with Gasteiger partial charge in [-0.25, -0.2) is 4.39 Å². The highest BCUT2D eigenvalue weighted by molar-refractivity contribution is 7.86. The molecule has 1 aliphatic rings. The minimum Gasteiger partial charge on any atom is -0.348 e. The zero-order valence-electron chi connectivity index (χ0n) is 15.0. The second-order valence-electron chi connectivity index (χ2n) is 6.43. The summed E-state index contributed by atoms with van der Waals surface area (Å²) in [6.07, 6.45) is 1.17. The molecule has 0 atom stereocenters. The topological polar surface area (TPSA) is 98.8 Å². The number of carbonyl (C=O) groups excluding carboxylic acids is 2. The van der Waals surface area contributed by atoms with Gasteiger partial charge in [0.2, 0.25) is 0 Å². The van der Waals surface area contributed by atoms with Crippen molar-refractivity contribution in [1.29, 1.82) is 0 Å². The zero-order chi connectivity index (χ0) is 20.2. The van der Waals surface area contributed by atoms with Crippen molar-refractivity contribution >= 4 is 39.3 Å². The first-order valence-electron chi connectivity index (χ1n) is 8.33. The normalized spacial score (nSPS) is 16.3. The Labute approximate surface area is 162 Å². The van der Waals surface area contributed by atoms with E-state index in [2.05, 4.69) is 10.6 Å². The standard InChI is InChI=1S/C16H22ClFN4O4S/c1-21(2)27(25,26)22-7-5-11(6-8-22)10-19-15(23)16(24)20-12-3-4-14(18)13(17)9-12/h3-4,9,11H,5-8,10H2,1-2H3,(H,19,23)(H,20,24). The van der Waals surface area contributed by atoms with Gasteiger partial charge in [0.25, 0.3) is 10.2 Å². The fourth-order valence-electron chi connectivity index (χ4n) is 2.65. The smallest absolute Gasteiger partial charge is 0.313 e. The van der Waals surface area contributed by atoms with Gasteiger partial charge in [-0.2, -0.15) is 17.0 Å². The second kappa shape index (κ2) is 8.96. The molecule has 2 amide bonds. The van der Waals surface area contributed by atoms with Gasteiger partial charge in [-0.15, -0.1) is 0 Å². The van der Waals surface area contributed by atoms with Crippen LogP contribution in [0.25, 0.3) is 0 Å². The molecule has 1 heterocycles. The van der Waals surface area contributed by atoms with E-state index >= 15 is 0 Å². The summed E-state index contributed by atoms with van der Waals surface area (Å²) in [6, 6.07) is 3.60. The molecule has 2 rings (SSSR count). The molecule has 1 fully saturated rings. The first kappa shape index (κ1) is 21.5. The van der Waals surface area contributed by atoms with Gasteiger partial charge in [-0.1, -0.05) is 11.6 Å². The summed E-state index contributed by atoms with van der Waals surface area (Å²) in [4.78, 5) is 23.8. The fourth-order valence-corrected chi connectivity index (χ4v) is 3.97. The van der Waals surface area contributed by atoms with E-state index in [4.69, 9.17) is 11.6 Å². The number of hydrogen-bond acceptors (Lipinski definition) is 4. The third-order valence-electron chi connectivity index (χ3n) is 4.30. The van der Waals surface area contributed by atoms with Crippen molar-refractivity contribution in [3.8, 4) is 0 Å². The predicted octanol–water partition coefficient (Wildman–Crippen LogP) is 1.05. The van der Waals surface area contributed by atoms with Gasteiger partial charge in [0.1, 0.15) is 5.82 Å². The Balaban J connectivity index is 1.79. The number of halogens is 2. The summed E-state index contributed by atoms with van der Waals surface area (Å²) in [5, 5.41) is 4.72. The molecule has 8 nitrogen and oxygen atoms in total. The molecule has 1 aliphatic heterocycles. The van der Waals surface area contributed by atoms with E-state index in [0.717, 1.165) is 6.07 Å². The minimum atomic E-state index is -3.43. The molecule has 11 heteroatoms. The third-order valence-corrected chi connectivity index (χ3v) is 6.53. The lowest BCUT2D eigenvalue weighted by Crippen LogP contribution is -2.46. The molecule has 0 aromatic heterocycles. The van der Waals surface area contributed by atoms with E-state index in [1.807, 2.05) is 0 Å². The van der Waals surface area contributed by atoms with Crippen LogP contribution in [0.2, 0.25) is 5.02 Å². The average Bonchev–Trinajstić information content (AvgIpc) is 2.62. The van der Waals surface area contributed by atoms with Crippen molar-refractivity contribution in [1.82, 2.24) is 13.9 Å². The van der Waals surface area contributed by atoms with Gasteiger partial charge in [0, 0.05) is 39.4 Å². The van der Waals surface area contributed by atoms with Crippen molar-refractivity contribution < 1.29 is 22.4 Å². The lowest BCUT2D eigenvalue weighted by atomic mass is 9.98. The van der Waals surface area contributed by atoms with Gasteiger partial charge in [0.05, 0.1) is 5.02 Å². The molecule has 0 saturated carbocycles. The molecule has 0 bridgehead atoms. The fraction of sp³-hybridized carbons (Fsp3) is 0.500. The van der Waals surface area contributed by atoms with Crippen LogP contribution in [-0.2, 0) is 19.8 Å². The molecular formula is C16H22ClFN4O4S. The van der Waals surface area contributed by atoms with Crippen LogP contribution in [0, 0.1) is 11.7 Å². The Morgan fingerprint density at radius 3 is 2.44 bits per heavy atom. The molecule has 0 spiro atoms. The molecule has 1 aromatic rings. The number of rotatable bonds is 5.